The molecule has 0 aliphatic rings. The van der Waals surface area contributed by atoms with Gasteiger partial charge in [0.15, 0.2) is 9.84 Å². The van der Waals surface area contributed by atoms with E-state index in [0.717, 1.165) is 0 Å². The zero-order chi connectivity index (χ0) is 11.4. The third kappa shape index (κ3) is 5.51. The van der Waals surface area contributed by atoms with E-state index >= 15 is 0 Å². The molecule has 6 heteroatoms. The molecule has 0 saturated heterocycles. The maximum atomic E-state index is 11.4. The standard InChI is InChI=1S/C8H18N2O2S2/c1-7(2)14(11,12)5-4-10(3)6-8(9)13/h7H,4-6H2,1-3H3,(H2,9,13). The number of sulfone groups is 1. The van der Waals surface area contributed by atoms with Gasteiger partial charge in [0.05, 0.1) is 16.0 Å². The smallest absolute Gasteiger partial charge is 0.153 e. The van der Waals surface area contributed by atoms with Gasteiger partial charge in [0.25, 0.3) is 0 Å². The molecule has 84 valence electrons. The molecule has 0 aromatic heterocycles. The van der Waals surface area contributed by atoms with E-state index < -0.39 is 9.84 Å². The number of hydrogen-bond acceptors (Lipinski definition) is 4. The van der Waals surface area contributed by atoms with Gasteiger partial charge in [-0.05, 0) is 20.9 Å². The van der Waals surface area contributed by atoms with Crippen molar-refractivity contribution in [1.82, 2.24) is 4.90 Å². The van der Waals surface area contributed by atoms with Crippen LogP contribution in [0.2, 0.25) is 0 Å². The molecule has 0 aliphatic heterocycles. The number of nitrogens with two attached hydrogens (primary N) is 1. The SMILES string of the molecule is CC(C)S(=O)(=O)CCN(C)CC(N)=S. The van der Waals surface area contributed by atoms with Crippen molar-refractivity contribution in [3.8, 4) is 0 Å². The van der Waals surface area contributed by atoms with E-state index in [1.165, 1.54) is 0 Å². The van der Waals surface area contributed by atoms with E-state index in [0.29, 0.717) is 18.1 Å². The first-order chi connectivity index (χ1) is 6.25. The summed E-state index contributed by atoms with van der Waals surface area (Å²) in [4.78, 5) is 2.19. The van der Waals surface area contributed by atoms with Gasteiger partial charge in [0.1, 0.15) is 0 Å². The number of likely N-dealkylation sites (N-methyl/N-ethyl adjacent to an activating group) is 1. The molecule has 0 bridgehead atoms. The maximum Gasteiger partial charge on any atom is 0.153 e. The lowest BCUT2D eigenvalue weighted by Crippen LogP contribution is -2.34. The Hall–Kier alpha value is -0.200. The van der Waals surface area contributed by atoms with E-state index in [4.69, 9.17) is 18.0 Å². The van der Waals surface area contributed by atoms with Crippen LogP contribution in [0.25, 0.3) is 0 Å². The van der Waals surface area contributed by atoms with Crippen LogP contribution in [0, 0.1) is 0 Å². The summed E-state index contributed by atoms with van der Waals surface area (Å²) >= 11 is 4.72. The van der Waals surface area contributed by atoms with E-state index in [1.54, 1.807) is 20.9 Å². The fourth-order valence-electron chi connectivity index (χ4n) is 0.864. The normalized spacial score (nSPS) is 12.4. The molecule has 0 radical (unpaired) electrons. The summed E-state index contributed by atoms with van der Waals surface area (Å²) < 4.78 is 22.9. The Balaban J connectivity index is 4.01. The Morgan fingerprint density at radius 1 is 1.50 bits per heavy atom. The minimum Gasteiger partial charge on any atom is -0.392 e. The van der Waals surface area contributed by atoms with Gasteiger partial charge in [-0.25, -0.2) is 8.42 Å². The molecule has 0 atom stereocenters. The van der Waals surface area contributed by atoms with Gasteiger partial charge in [-0.3, -0.25) is 4.90 Å². The average molecular weight is 238 g/mol. The Morgan fingerprint density at radius 2 is 2.00 bits per heavy atom. The van der Waals surface area contributed by atoms with Crippen LogP contribution < -0.4 is 5.73 Å². The summed E-state index contributed by atoms with van der Waals surface area (Å²) in [5, 5.41) is -0.319. The molecular formula is C8H18N2O2S2. The first-order valence-corrected chi connectivity index (χ1v) is 6.56. The highest BCUT2D eigenvalue weighted by molar-refractivity contribution is 7.92. The highest BCUT2D eigenvalue weighted by Gasteiger charge is 2.16. The molecule has 2 N–H and O–H groups in total. The van der Waals surface area contributed by atoms with E-state index in [-0.39, 0.29) is 11.0 Å². The van der Waals surface area contributed by atoms with Gasteiger partial charge in [0, 0.05) is 13.1 Å². The van der Waals surface area contributed by atoms with Gasteiger partial charge in [-0.1, -0.05) is 12.2 Å². The Morgan fingerprint density at radius 3 is 2.36 bits per heavy atom. The molecule has 0 heterocycles. The first kappa shape index (κ1) is 13.8. The summed E-state index contributed by atoms with van der Waals surface area (Å²) in [7, 11) is -1.15. The minimum atomic E-state index is -2.95. The molecule has 0 aliphatic carbocycles. The molecule has 0 rings (SSSR count). The van der Waals surface area contributed by atoms with Crippen LogP contribution in [0.4, 0.5) is 0 Å². The van der Waals surface area contributed by atoms with E-state index in [1.807, 2.05) is 4.90 Å². The van der Waals surface area contributed by atoms with Crippen molar-refractivity contribution in [1.29, 1.82) is 0 Å². The fourth-order valence-corrected chi connectivity index (χ4v) is 2.12. The van der Waals surface area contributed by atoms with E-state index in [9.17, 15) is 8.42 Å². The van der Waals surface area contributed by atoms with Crippen molar-refractivity contribution in [3.63, 3.8) is 0 Å². The molecular weight excluding hydrogens is 220 g/mol. The van der Waals surface area contributed by atoms with Gasteiger partial charge >= 0.3 is 0 Å². The van der Waals surface area contributed by atoms with Crippen molar-refractivity contribution in [2.75, 3.05) is 25.9 Å². The largest absolute Gasteiger partial charge is 0.392 e. The zero-order valence-electron chi connectivity index (χ0n) is 8.86. The Kier molecular flexibility index (Phi) is 5.54. The summed E-state index contributed by atoms with van der Waals surface area (Å²) in [5.74, 6) is 0.157. The number of hydrogen-bond donors (Lipinski definition) is 1. The van der Waals surface area contributed by atoms with Crippen LogP contribution in [-0.2, 0) is 9.84 Å². The van der Waals surface area contributed by atoms with E-state index in [2.05, 4.69) is 0 Å². The number of thiocarbonyl (C=S) groups is 1. The molecule has 0 saturated carbocycles. The second kappa shape index (κ2) is 5.63. The predicted molar refractivity (Wildman–Crippen MR) is 63.2 cm³/mol. The van der Waals surface area contributed by atoms with Crippen LogP contribution in [0.3, 0.4) is 0 Å². The zero-order valence-corrected chi connectivity index (χ0v) is 10.5. The summed E-state index contributed by atoms with van der Waals surface area (Å²) in [6.45, 7) is 4.30. The van der Waals surface area contributed by atoms with Crippen molar-refractivity contribution in [2.45, 2.75) is 19.1 Å². The molecule has 14 heavy (non-hydrogen) atoms. The van der Waals surface area contributed by atoms with Crippen molar-refractivity contribution < 1.29 is 8.42 Å². The number of rotatable bonds is 6. The summed E-state index contributed by atoms with van der Waals surface area (Å²) in [6, 6.07) is 0. The molecule has 0 amide bonds. The summed E-state index contributed by atoms with van der Waals surface area (Å²) in [5.41, 5.74) is 5.33. The highest BCUT2D eigenvalue weighted by atomic mass is 32.2. The monoisotopic (exact) mass is 238 g/mol. The minimum absolute atomic E-state index is 0.157. The second-order valence-corrected chi connectivity index (χ2v) is 6.82. The Labute approximate surface area is 91.4 Å². The van der Waals surface area contributed by atoms with Gasteiger partial charge in [-0.15, -0.1) is 0 Å². The quantitative estimate of drug-likeness (QED) is 0.661. The fraction of sp³-hybridized carbons (Fsp3) is 0.875. The van der Waals surface area contributed by atoms with Crippen LogP contribution in [0.1, 0.15) is 13.8 Å². The molecule has 0 spiro atoms. The molecule has 0 aromatic rings. The predicted octanol–water partition coefficient (Wildman–Crippen LogP) is 0.0275. The third-order valence-corrected chi connectivity index (χ3v) is 4.22. The van der Waals surface area contributed by atoms with Crippen LogP contribution >= 0.6 is 12.2 Å². The lowest BCUT2D eigenvalue weighted by Gasteiger charge is -2.16. The molecule has 0 fully saturated rings. The third-order valence-electron chi connectivity index (χ3n) is 1.90. The molecule has 0 unspecified atom stereocenters. The number of nitrogens with zero attached hydrogens (tertiary/aromatic N) is 1. The topological polar surface area (TPSA) is 63.4 Å². The van der Waals surface area contributed by atoms with Gasteiger partial charge < -0.3 is 5.73 Å². The molecule has 0 aromatic carbocycles. The summed E-state index contributed by atoms with van der Waals surface area (Å²) in [6.07, 6.45) is 0. The molecule has 4 nitrogen and oxygen atoms in total. The van der Waals surface area contributed by atoms with Gasteiger partial charge in [0.2, 0.25) is 0 Å². The maximum absolute atomic E-state index is 11.4. The average Bonchev–Trinajstić information content (AvgIpc) is 1.99. The highest BCUT2D eigenvalue weighted by Crippen LogP contribution is 2.00. The van der Waals surface area contributed by atoms with Gasteiger partial charge in [-0.2, -0.15) is 0 Å². The first-order valence-electron chi connectivity index (χ1n) is 4.44. The van der Waals surface area contributed by atoms with Crippen molar-refractivity contribution >= 4 is 27.0 Å². The van der Waals surface area contributed by atoms with Crippen LogP contribution in [0.5, 0.6) is 0 Å². The second-order valence-electron chi connectivity index (χ2n) is 3.62. The van der Waals surface area contributed by atoms with Crippen molar-refractivity contribution in [3.05, 3.63) is 0 Å². The van der Waals surface area contributed by atoms with Crippen LogP contribution in [-0.4, -0.2) is 49.4 Å². The lowest BCUT2D eigenvalue weighted by atomic mass is 10.5. The Bertz CT molecular complexity index is 286. The van der Waals surface area contributed by atoms with Crippen LogP contribution in [0.15, 0.2) is 0 Å². The van der Waals surface area contributed by atoms with Crippen molar-refractivity contribution in [2.24, 2.45) is 5.73 Å². The lowest BCUT2D eigenvalue weighted by molar-refractivity contribution is 0.403.